The van der Waals surface area contributed by atoms with Crippen LogP contribution in [0.2, 0.25) is 0 Å². The van der Waals surface area contributed by atoms with Gasteiger partial charge >= 0.3 is 0 Å². The van der Waals surface area contributed by atoms with E-state index in [1.807, 2.05) is 17.0 Å². The molecule has 140 valence electrons. The molecule has 1 amide bonds. The van der Waals surface area contributed by atoms with Crippen molar-refractivity contribution in [3.63, 3.8) is 0 Å². The Morgan fingerprint density at radius 3 is 2.62 bits per heavy atom. The summed E-state index contributed by atoms with van der Waals surface area (Å²) in [5.74, 6) is 2.46. The average Bonchev–Trinajstić information content (AvgIpc) is 3.15. The highest BCUT2D eigenvalue weighted by molar-refractivity contribution is 7.99. The zero-order valence-electron chi connectivity index (χ0n) is 15.7. The van der Waals surface area contributed by atoms with Crippen molar-refractivity contribution in [2.24, 2.45) is 0 Å². The van der Waals surface area contributed by atoms with E-state index in [-0.39, 0.29) is 5.91 Å². The van der Waals surface area contributed by atoms with Crippen LogP contribution in [0, 0.1) is 6.92 Å². The summed E-state index contributed by atoms with van der Waals surface area (Å²) in [5.41, 5.74) is 2.53. The van der Waals surface area contributed by atoms with Gasteiger partial charge in [-0.3, -0.25) is 4.79 Å². The Balaban J connectivity index is 1.57. The molecule has 1 fully saturated rings. The third-order valence-corrected chi connectivity index (χ3v) is 5.96. The number of furan rings is 1. The molecule has 2 heterocycles. The summed E-state index contributed by atoms with van der Waals surface area (Å²) in [6.45, 7) is 4.76. The van der Waals surface area contributed by atoms with Gasteiger partial charge in [-0.15, -0.1) is 11.8 Å². The molecule has 0 radical (unpaired) electrons. The lowest BCUT2D eigenvalue weighted by Gasteiger charge is -2.37. The minimum Gasteiger partial charge on any atom is -0.467 e. The molecule has 5 heteroatoms. The predicted molar refractivity (Wildman–Crippen MR) is 107 cm³/mol. The number of aryl methyl sites for hydroxylation is 1. The number of nitrogens with zero attached hydrogens (tertiary/aromatic N) is 2. The van der Waals surface area contributed by atoms with Crippen LogP contribution in [0.3, 0.4) is 0 Å². The van der Waals surface area contributed by atoms with Gasteiger partial charge in [0.05, 0.1) is 18.6 Å². The quantitative estimate of drug-likeness (QED) is 0.738. The van der Waals surface area contributed by atoms with Crippen molar-refractivity contribution in [1.29, 1.82) is 0 Å². The molecular weight excluding hydrogens is 344 g/mol. The number of likely N-dealkylation sites (tertiary alicyclic amines) is 1. The maximum atomic E-state index is 12.9. The number of benzene rings is 1. The van der Waals surface area contributed by atoms with E-state index in [2.05, 4.69) is 43.1 Å². The van der Waals surface area contributed by atoms with Gasteiger partial charge in [0.2, 0.25) is 5.91 Å². The number of piperidine rings is 1. The predicted octanol–water partition coefficient (Wildman–Crippen LogP) is 3.94. The molecule has 0 atom stereocenters. The van der Waals surface area contributed by atoms with E-state index in [9.17, 15) is 4.79 Å². The molecule has 1 saturated heterocycles. The Labute approximate surface area is 160 Å². The summed E-state index contributed by atoms with van der Waals surface area (Å²) >= 11 is 1.69. The molecule has 0 spiro atoms. The Hall–Kier alpha value is -1.72. The number of carbonyl (C=O) groups excluding carboxylic acids is 1. The fourth-order valence-corrected chi connectivity index (χ4v) is 4.19. The second kappa shape index (κ2) is 9.28. The number of carbonyl (C=O) groups is 1. The van der Waals surface area contributed by atoms with Crippen molar-refractivity contribution in [2.75, 3.05) is 25.9 Å². The van der Waals surface area contributed by atoms with Crippen LogP contribution in [0.1, 0.15) is 29.7 Å². The van der Waals surface area contributed by atoms with E-state index >= 15 is 0 Å². The number of thioether (sulfide) groups is 1. The Morgan fingerprint density at radius 2 is 1.96 bits per heavy atom. The lowest BCUT2D eigenvalue weighted by Crippen LogP contribution is -2.46. The second-order valence-corrected chi connectivity index (χ2v) is 8.10. The molecule has 2 aromatic rings. The topological polar surface area (TPSA) is 36.7 Å². The number of hydrogen-bond donors (Lipinski definition) is 0. The van der Waals surface area contributed by atoms with Gasteiger partial charge in [0.25, 0.3) is 0 Å². The molecule has 0 unspecified atom stereocenters. The molecule has 3 rings (SSSR count). The first-order chi connectivity index (χ1) is 12.6. The third-order valence-electron chi connectivity index (χ3n) is 4.97. The number of hydrogen-bond acceptors (Lipinski definition) is 4. The molecule has 1 aromatic heterocycles. The van der Waals surface area contributed by atoms with Gasteiger partial charge < -0.3 is 14.2 Å². The molecule has 1 aliphatic rings. The summed E-state index contributed by atoms with van der Waals surface area (Å²) in [4.78, 5) is 17.3. The minimum atomic E-state index is 0.216. The summed E-state index contributed by atoms with van der Waals surface area (Å²) < 4.78 is 5.50. The van der Waals surface area contributed by atoms with Crippen molar-refractivity contribution in [3.8, 4) is 0 Å². The van der Waals surface area contributed by atoms with Crippen molar-refractivity contribution < 1.29 is 9.21 Å². The summed E-state index contributed by atoms with van der Waals surface area (Å²) in [5, 5.41) is 0. The largest absolute Gasteiger partial charge is 0.467 e. The first-order valence-electron chi connectivity index (χ1n) is 9.25. The molecule has 26 heavy (non-hydrogen) atoms. The monoisotopic (exact) mass is 372 g/mol. The highest BCUT2D eigenvalue weighted by Gasteiger charge is 2.27. The van der Waals surface area contributed by atoms with E-state index in [0.29, 0.717) is 18.3 Å². The Bertz CT molecular complexity index is 677. The molecule has 0 bridgehead atoms. The molecule has 4 nitrogen and oxygen atoms in total. The van der Waals surface area contributed by atoms with Crippen LogP contribution >= 0.6 is 11.8 Å². The maximum absolute atomic E-state index is 12.9. The first-order valence-corrected chi connectivity index (χ1v) is 10.4. The third kappa shape index (κ3) is 5.39. The van der Waals surface area contributed by atoms with Crippen LogP contribution in [-0.2, 0) is 17.1 Å². The van der Waals surface area contributed by atoms with E-state index in [4.69, 9.17) is 4.42 Å². The van der Waals surface area contributed by atoms with E-state index in [0.717, 1.165) is 37.4 Å². The van der Waals surface area contributed by atoms with E-state index in [1.165, 1.54) is 11.1 Å². The van der Waals surface area contributed by atoms with Crippen LogP contribution in [-0.4, -0.2) is 47.6 Å². The van der Waals surface area contributed by atoms with Crippen LogP contribution in [0.25, 0.3) is 0 Å². The lowest BCUT2D eigenvalue weighted by atomic mass is 10.0. The van der Waals surface area contributed by atoms with E-state index < -0.39 is 0 Å². The highest BCUT2D eigenvalue weighted by Crippen LogP contribution is 2.21. The van der Waals surface area contributed by atoms with Gasteiger partial charge in [0.1, 0.15) is 5.76 Å². The molecule has 1 aromatic carbocycles. The fraction of sp³-hybridized carbons (Fsp3) is 0.476. The van der Waals surface area contributed by atoms with Crippen LogP contribution in [0.15, 0.2) is 47.1 Å². The van der Waals surface area contributed by atoms with Gasteiger partial charge in [0, 0.05) is 11.8 Å². The minimum absolute atomic E-state index is 0.216. The molecule has 0 saturated carbocycles. The van der Waals surface area contributed by atoms with Gasteiger partial charge in [-0.05, 0) is 57.6 Å². The van der Waals surface area contributed by atoms with Gasteiger partial charge in [-0.2, -0.15) is 0 Å². The van der Waals surface area contributed by atoms with Gasteiger partial charge in [-0.1, -0.05) is 29.8 Å². The number of rotatable bonds is 7. The van der Waals surface area contributed by atoms with Crippen molar-refractivity contribution in [1.82, 2.24) is 9.80 Å². The summed E-state index contributed by atoms with van der Waals surface area (Å²) in [7, 11) is 2.15. The SMILES string of the molecule is Cc1ccc(CSCC(=O)N(Cc2ccco2)C2CCN(C)CC2)cc1. The van der Waals surface area contributed by atoms with Crippen LogP contribution < -0.4 is 0 Å². The zero-order valence-corrected chi connectivity index (χ0v) is 16.5. The second-order valence-electron chi connectivity index (χ2n) is 7.11. The summed E-state index contributed by atoms with van der Waals surface area (Å²) in [6.07, 6.45) is 3.75. The molecule has 0 N–H and O–H groups in total. The molecule has 1 aliphatic heterocycles. The fourth-order valence-electron chi connectivity index (χ4n) is 3.32. The average molecular weight is 373 g/mol. The summed E-state index contributed by atoms with van der Waals surface area (Å²) in [6, 6.07) is 12.7. The van der Waals surface area contributed by atoms with Crippen LogP contribution in [0.4, 0.5) is 0 Å². The standard InChI is InChI=1S/C21H28N2O2S/c1-17-5-7-18(8-6-17)15-26-16-21(24)23(14-20-4-3-13-25-20)19-9-11-22(2)12-10-19/h3-8,13,19H,9-12,14-16H2,1-2H3. The Morgan fingerprint density at radius 1 is 1.23 bits per heavy atom. The first kappa shape index (κ1) is 19.1. The normalized spacial score (nSPS) is 15.9. The van der Waals surface area contributed by atoms with Crippen molar-refractivity contribution in [2.45, 2.75) is 38.1 Å². The maximum Gasteiger partial charge on any atom is 0.233 e. The van der Waals surface area contributed by atoms with Gasteiger partial charge in [-0.25, -0.2) is 0 Å². The lowest BCUT2D eigenvalue weighted by molar-refractivity contribution is -0.132. The van der Waals surface area contributed by atoms with E-state index in [1.54, 1.807) is 18.0 Å². The van der Waals surface area contributed by atoms with Gasteiger partial charge in [0.15, 0.2) is 0 Å². The number of amides is 1. The smallest absolute Gasteiger partial charge is 0.233 e. The molecule has 0 aliphatic carbocycles. The van der Waals surface area contributed by atoms with Crippen LogP contribution in [0.5, 0.6) is 0 Å². The van der Waals surface area contributed by atoms with Crippen molar-refractivity contribution >= 4 is 17.7 Å². The Kier molecular flexibility index (Phi) is 6.80. The zero-order chi connectivity index (χ0) is 18.4. The molecular formula is C21H28N2O2S. The highest BCUT2D eigenvalue weighted by atomic mass is 32.2. The van der Waals surface area contributed by atoms with Crippen molar-refractivity contribution in [3.05, 3.63) is 59.5 Å².